The summed E-state index contributed by atoms with van der Waals surface area (Å²) < 4.78 is 5.12. The van der Waals surface area contributed by atoms with Gasteiger partial charge in [-0.2, -0.15) is 4.98 Å². The lowest BCUT2D eigenvalue weighted by Gasteiger charge is -1.98. The van der Waals surface area contributed by atoms with Crippen LogP contribution < -0.4 is 0 Å². The molecule has 0 aliphatic heterocycles. The summed E-state index contributed by atoms with van der Waals surface area (Å²) in [4.78, 5) is 8.78. The van der Waals surface area contributed by atoms with Crippen molar-refractivity contribution in [1.82, 2.24) is 15.1 Å². The second-order valence-corrected chi connectivity index (χ2v) is 4.23. The fraction of sp³-hybridized carbons (Fsp3) is 0.214. The maximum atomic E-state index is 8.77. The van der Waals surface area contributed by atoms with E-state index in [1.807, 2.05) is 36.4 Å². The number of benzene rings is 1. The number of para-hydroxylation sites is 1. The molecule has 1 N–H and O–H groups in total. The largest absolute Gasteiger partial charge is 0.396 e. The Morgan fingerprint density at radius 3 is 2.84 bits per heavy atom. The second-order valence-electron chi connectivity index (χ2n) is 4.23. The summed E-state index contributed by atoms with van der Waals surface area (Å²) in [5.41, 5.74) is 1.60. The molecule has 0 saturated carbocycles. The highest BCUT2D eigenvalue weighted by Gasteiger charge is 2.09. The average molecular weight is 255 g/mol. The first-order valence-electron chi connectivity index (χ1n) is 6.16. The van der Waals surface area contributed by atoms with E-state index in [2.05, 4.69) is 15.1 Å². The molecule has 0 aliphatic carbocycles. The molecule has 0 saturated heterocycles. The van der Waals surface area contributed by atoms with Gasteiger partial charge >= 0.3 is 0 Å². The molecule has 19 heavy (non-hydrogen) atoms. The summed E-state index contributed by atoms with van der Waals surface area (Å²) in [7, 11) is 0. The van der Waals surface area contributed by atoms with Gasteiger partial charge in [-0.3, -0.25) is 0 Å². The van der Waals surface area contributed by atoms with Gasteiger partial charge in [-0.05, 0) is 18.6 Å². The lowest BCUT2D eigenvalue weighted by atomic mass is 10.2. The highest BCUT2D eigenvalue weighted by molar-refractivity contribution is 5.80. The first-order chi connectivity index (χ1) is 9.36. The van der Waals surface area contributed by atoms with Crippen LogP contribution in [0.2, 0.25) is 0 Å². The predicted molar refractivity (Wildman–Crippen MR) is 70.4 cm³/mol. The van der Waals surface area contributed by atoms with Gasteiger partial charge in [0.1, 0.15) is 5.69 Å². The van der Waals surface area contributed by atoms with Gasteiger partial charge in [0.15, 0.2) is 0 Å². The van der Waals surface area contributed by atoms with E-state index in [1.54, 1.807) is 0 Å². The highest BCUT2D eigenvalue weighted by Crippen LogP contribution is 2.18. The quantitative estimate of drug-likeness (QED) is 0.773. The van der Waals surface area contributed by atoms with Crippen LogP contribution in [0.1, 0.15) is 12.3 Å². The Morgan fingerprint density at radius 2 is 1.95 bits per heavy atom. The lowest BCUT2D eigenvalue weighted by molar-refractivity contribution is 0.278. The van der Waals surface area contributed by atoms with Crippen LogP contribution in [0, 0.1) is 0 Å². The summed E-state index contributed by atoms with van der Waals surface area (Å²) in [6, 6.07) is 11.7. The van der Waals surface area contributed by atoms with E-state index in [0.29, 0.717) is 30.3 Å². The molecule has 2 aromatic heterocycles. The van der Waals surface area contributed by atoms with Gasteiger partial charge in [0, 0.05) is 18.4 Å². The maximum absolute atomic E-state index is 8.77. The number of fused-ring (bicyclic) bond motifs is 1. The van der Waals surface area contributed by atoms with Crippen molar-refractivity contribution in [2.24, 2.45) is 0 Å². The number of aliphatic hydroxyl groups excluding tert-OH is 1. The number of aromatic nitrogens is 3. The molecule has 0 radical (unpaired) electrons. The number of hydrogen-bond donors (Lipinski definition) is 1. The fourth-order valence-electron chi connectivity index (χ4n) is 1.88. The van der Waals surface area contributed by atoms with E-state index in [4.69, 9.17) is 9.63 Å². The first-order valence-corrected chi connectivity index (χ1v) is 6.16. The van der Waals surface area contributed by atoms with Gasteiger partial charge in [0.05, 0.1) is 5.52 Å². The van der Waals surface area contributed by atoms with Crippen LogP contribution in [-0.2, 0) is 6.42 Å². The Hall–Kier alpha value is -2.27. The number of rotatable bonds is 4. The Kier molecular flexibility index (Phi) is 3.20. The zero-order valence-corrected chi connectivity index (χ0v) is 10.3. The summed E-state index contributed by atoms with van der Waals surface area (Å²) >= 11 is 0. The van der Waals surface area contributed by atoms with Gasteiger partial charge in [0.2, 0.25) is 11.7 Å². The van der Waals surface area contributed by atoms with Gasteiger partial charge < -0.3 is 9.63 Å². The van der Waals surface area contributed by atoms with Crippen molar-refractivity contribution in [1.29, 1.82) is 0 Å². The number of hydrogen-bond acceptors (Lipinski definition) is 5. The summed E-state index contributed by atoms with van der Waals surface area (Å²) in [5.74, 6) is 1.01. The van der Waals surface area contributed by atoms with Gasteiger partial charge in [-0.1, -0.05) is 29.4 Å². The smallest absolute Gasteiger partial charge is 0.227 e. The molecular weight excluding hydrogens is 242 g/mol. The number of nitrogens with zero attached hydrogens (tertiary/aromatic N) is 3. The highest BCUT2D eigenvalue weighted by atomic mass is 16.5. The van der Waals surface area contributed by atoms with Crippen LogP contribution >= 0.6 is 0 Å². The zero-order chi connectivity index (χ0) is 13.1. The minimum Gasteiger partial charge on any atom is -0.396 e. The molecule has 2 heterocycles. The van der Waals surface area contributed by atoms with E-state index in [1.165, 1.54) is 0 Å². The monoisotopic (exact) mass is 255 g/mol. The second kappa shape index (κ2) is 5.16. The topological polar surface area (TPSA) is 72.0 Å². The van der Waals surface area contributed by atoms with Crippen molar-refractivity contribution in [2.75, 3.05) is 6.61 Å². The molecule has 5 heteroatoms. The molecule has 0 fully saturated rings. The minimum atomic E-state index is 0.117. The molecule has 1 aromatic carbocycles. The van der Waals surface area contributed by atoms with Crippen molar-refractivity contribution in [3.05, 3.63) is 42.3 Å². The lowest BCUT2D eigenvalue weighted by Crippen LogP contribution is -1.90. The van der Waals surface area contributed by atoms with Crippen molar-refractivity contribution in [2.45, 2.75) is 12.8 Å². The summed E-state index contributed by atoms with van der Waals surface area (Å²) in [5, 5.41) is 13.8. The normalized spacial score (nSPS) is 11.0. The molecule has 0 unspecified atom stereocenters. The Bertz CT molecular complexity index is 694. The molecule has 3 rings (SSSR count). The van der Waals surface area contributed by atoms with Crippen LogP contribution in [0.3, 0.4) is 0 Å². The molecule has 0 bridgehead atoms. The van der Waals surface area contributed by atoms with Crippen molar-refractivity contribution >= 4 is 10.9 Å². The first kappa shape index (κ1) is 11.8. The predicted octanol–water partition coefficient (Wildman–Crippen LogP) is 2.21. The Balaban J connectivity index is 1.92. The molecule has 5 nitrogen and oxygen atoms in total. The molecule has 0 atom stereocenters. The number of aryl methyl sites for hydroxylation is 1. The van der Waals surface area contributed by atoms with Crippen LogP contribution in [-0.4, -0.2) is 26.8 Å². The SMILES string of the molecule is OCCCc1nc(-c2ccc3ccccc3n2)no1. The Labute approximate surface area is 109 Å². The molecule has 96 valence electrons. The molecular formula is C14H13N3O2. The van der Waals surface area contributed by atoms with Crippen LogP contribution in [0.4, 0.5) is 0 Å². The van der Waals surface area contributed by atoms with E-state index >= 15 is 0 Å². The standard InChI is InChI=1S/C14H13N3O2/c18-9-3-6-13-16-14(17-19-13)12-8-7-10-4-1-2-5-11(10)15-12/h1-2,4-5,7-8,18H,3,6,9H2. The average Bonchev–Trinajstić information content (AvgIpc) is 2.93. The summed E-state index contributed by atoms with van der Waals surface area (Å²) in [6.07, 6.45) is 1.20. The van der Waals surface area contributed by atoms with Crippen molar-refractivity contribution in [3.63, 3.8) is 0 Å². The van der Waals surface area contributed by atoms with Gasteiger partial charge in [-0.15, -0.1) is 0 Å². The van der Waals surface area contributed by atoms with E-state index in [-0.39, 0.29) is 6.61 Å². The van der Waals surface area contributed by atoms with Crippen LogP contribution in [0.5, 0.6) is 0 Å². The van der Waals surface area contributed by atoms with E-state index in [0.717, 1.165) is 10.9 Å². The van der Waals surface area contributed by atoms with Crippen molar-refractivity contribution in [3.8, 4) is 11.5 Å². The number of pyridine rings is 1. The molecule has 0 spiro atoms. The molecule has 0 aliphatic rings. The van der Waals surface area contributed by atoms with Gasteiger partial charge in [0.25, 0.3) is 0 Å². The van der Waals surface area contributed by atoms with Gasteiger partial charge in [-0.25, -0.2) is 4.98 Å². The van der Waals surface area contributed by atoms with Crippen LogP contribution in [0.15, 0.2) is 40.9 Å². The van der Waals surface area contributed by atoms with Crippen molar-refractivity contribution < 1.29 is 9.63 Å². The fourth-order valence-corrected chi connectivity index (χ4v) is 1.88. The minimum absolute atomic E-state index is 0.117. The maximum Gasteiger partial charge on any atom is 0.227 e. The summed E-state index contributed by atoms with van der Waals surface area (Å²) in [6.45, 7) is 0.117. The zero-order valence-electron chi connectivity index (χ0n) is 10.3. The number of aliphatic hydroxyl groups is 1. The van der Waals surface area contributed by atoms with E-state index < -0.39 is 0 Å². The Morgan fingerprint density at radius 1 is 1.05 bits per heavy atom. The third kappa shape index (κ3) is 2.46. The van der Waals surface area contributed by atoms with E-state index in [9.17, 15) is 0 Å². The molecule has 3 aromatic rings. The third-order valence-corrected chi connectivity index (χ3v) is 2.84. The van der Waals surface area contributed by atoms with Crippen LogP contribution in [0.25, 0.3) is 22.4 Å². The third-order valence-electron chi connectivity index (χ3n) is 2.84. The molecule has 0 amide bonds.